The van der Waals surface area contributed by atoms with Crippen LogP contribution in [0, 0.1) is 6.92 Å². The zero-order valence-corrected chi connectivity index (χ0v) is 21.7. The summed E-state index contributed by atoms with van der Waals surface area (Å²) >= 11 is 0.787. The molecule has 1 aromatic heterocycles. The molecule has 1 fully saturated rings. The van der Waals surface area contributed by atoms with Crippen molar-refractivity contribution in [3.63, 3.8) is 0 Å². The van der Waals surface area contributed by atoms with Gasteiger partial charge in [0.15, 0.2) is 5.69 Å². The summed E-state index contributed by atoms with van der Waals surface area (Å²) in [5.41, 5.74) is 13.3. The Kier molecular flexibility index (Phi) is 8.08. The average molecular weight is 522 g/mol. The minimum atomic E-state index is -1.01. The number of primary amides is 1. The van der Waals surface area contributed by atoms with Crippen molar-refractivity contribution >= 4 is 40.6 Å². The van der Waals surface area contributed by atoms with Crippen LogP contribution >= 0.6 is 11.5 Å². The van der Waals surface area contributed by atoms with E-state index < -0.39 is 17.9 Å². The lowest BCUT2D eigenvalue weighted by Gasteiger charge is -2.33. The summed E-state index contributed by atoms with van der Waals surface area (Å²) < 4.78 is 9.30. The van der Waals surface area contributed by atoms with Crippen LogP contribution in [0.2, 0.25) is 0 Å². The predicted octanol–water partition coefficient (Wildman–Crippen LogP) is 3.98. The monoisotopic (exact) mass is 521 g/mol. The Morgan fingerprint density at radius 3 is 2.41 bits per heavy atom. The summed E-state index contributed by atoms with van der Waals surface area (Å²) in [7, 11) is 1.56. The van der Waals surface area contributed by atoms with Gasteiger partial charge in [-0.1, -0.05) is 43.5 Å². The van der Waals surface area contributed by atoms with Gasteiger partial charge in [0.2, 0.25) is 5.91 Å². The van der Waals surface area contributed by atoms with E-state index in [1.807, 2.05) is 25.1 Å². The van der Waals surface area contributed by atoms with Gasteiger partial charge in [0.1, 0.15) is 16.7 Å². The Hall–Kier alpha value is -3.92. The highest BCUT2D eigenvalue weighted by Gasteiger charge is 2.37. The highest BCUT2D eigenvalue weighted by atomic mass is 32.1. The van der Waals surface area contributed by atoms with Crippen molar-refractivity contribution in [3.8, 4) is 5.75 Å². The third kappa shape index (κ3) is 5.75. The molecule has 9 nitrogen and oxygen atoms in total. The number of ether oxygens (including phenoxy) is 1. The van der Waals surface area contributed by atoms with Crippen molar-refractivity contribution < 1.29 is 19.1 Å². The number of aromatic nitrogens is 1. The summed E-state index contributed by atoms with van der Waals surface area (Å²) in [5, 5.41) is 3.17. The van der Waals surface area contributed by atoms with Crippen LogP contribution in [0.15, 0.2) is 48.5 Å². The minimum Gasteiger partial charge on any atom is -0.497 e. The second-order valence-electron chi connectivity index (χ2n) is 9.17. The van der Waals surface area contributed by atoms with E-state index >= 15 is 0 Å². The normalized spacial score (nSPS) is 14.5. The second kappa shape index (κ2) is 11.4. The van der Waals surface area contributed by atoms with E-state index in [9.17, 15) is 14.4 Å². The fourth-order valence-electron chi connectivity index (χ4n) is 4.63. The molecule has 0 spiro atoms. The third-order valence-electron chi connectivity index (χ3n) is 6.54. The molecule has 194 valence electrons. The van der Waals surface area contributed by atoms with Crippen LogP contribution < -0.4 is 26.4 Å². The summed E-state index contributed by atoms with van der Waals surface area (Å²) in [4.78, 5) is 41.3. The average Bonchev–Trinajstić information content (AvgIpc) is 3.29. The van der Waals surface area contributed by atoms with E-state index in [4.69, 9.17) is 16.2 Å². The smallest absolute Gasteiger partial charge is 0.273 e. The molecule has 0 radical (unpaired) electrons. The van der Waals surface area contributed by atoms with E-state index in [2.05, 4.69) is 9.69 Å². The maximum Gasteiger partial charge on any atom is 0.273 e. The molecular weight excluding hydrogens is 490 g/mol. The van der Waals surface area contributed by atoms with Crippen molar-refractivity contribution in [1.29, 1.82) is 0 Å². The number of nitrogen functional groups attached to an aromatic ring is 1. The largest absolute Gasteiger partial charge is 0.497 e. The van der Waals surface area contributed by atoms with E-state index in [0.29, 0.717) is 17.0 Å². The van der Waals surface area contributed by atoms with Crippen molar-refractivity contribution in [3.05, 3.63) is 70.2 Å². The molecule has 0 unspecified atom stereocenters. The topological polar surface area (TPSA) is 141 Å². The SMILES string of the molecule is COc1ccc([C@H](C(=O)NC2CCCCC2)N(C(=O)c2snc(C(N)=O)c2N)c2cccc(C)c2)cc1. The number of aryl methyl sites for hydroxylation is 1. The van der Waals surface area contributed by atoms with Gasteiger partial charge < -0.3 is 21.5 Å². The second-order valence-corrected chi connectivity index (χ2v) is 9.95. The Morgan fingerprint density at radius 2 is 1.81 bits per heavy atom. The lowest BCUT2D eigenvalue weighted by Crippen LogP contribution is -2.47. The molecule has 3 amide bonds. The molecule has 0 aliphatic heterocycles. The van der Waals surface area contributed by atoms with Gasteiger partial charge in [-0.05, 0) is 66.7 Å². The highest BCUT2D eigenvalue weighted by Crippen LogP contribution is 2.34. The van der Waals surface area contributed by atoms with Crippen LogP contribution in [-0.2, 0) is 4.79 Å². The Labute approximate surface area is 220 Å². The molecule has 1 aliphatic rings. The van der Waals surface area contributed by atoms with Gasteiger partial charge in [0.25, 0.3) is 11.8 Å². The molecule has 4 rings (SSSR count). The van der Waals surface area contributed by atoms with Gasteiger partial charge >= 0.3 is 0 Å². The molecule has 1 saturated carbocycles. The highest BCUT2D eigenvalue weighted by molar-refractivity contribution is 7.09. The van der Waals surface area contributed by atoms with Crippen molar-refractivity contribution in [1.82, 2.24) is 9.69 Å². The third-order valence-corrected chi connectivity index (χ3v) is 7.39. The van der Waals surface area contributed by atoms with Crippen LogP contribution in [0.5, 0.6) is 5.75 Å². The van der Waals surface area contributed by atoms with Gasteiger partial charge in [-0.2, -0.15) is 4.37 Å². The number of nitrogens with one attached hydrogen (secondary N) is 1. The van der Waals surface area contributed by atoms with E-state index in [1.54, 1.807) is 37.4 Å². The Bertz CT molecular complexity index is 1280. The lowest BCUT2D eigenvalue weighted by molar-refractivity contribution is -0.123. The first-order valence-corrected chi connectivity index (χ1v) is 13.0. The van der Waals surface area contributed by atoms with Crippen LogP contribution in [-0.4, -0.2) is 35.2 Å². The Morgan fingerprint density at radius 1 is 1.11 bits per heavy atom. The molecule has 1 atom stereocenters. The first kappa shape index (κ1) is 26.2. The number of rotatable bonds is 8. The zero-order chi connectivity index (χ0) is 26.5. The molecule has 5 N–H and O–H groups in total. The quantitative estimate of drug-likeness (QED) is 0.410. The van der Waals surface area contributed by atoms with Gasteiger partial charge in [-0.25, -0.2) is 0 Å². The lowest BCUT2D eigenvalue weighted by atomic mass is 9.94. The molecule has 2 aromatic carbocycles. The maximum absolute atomic E-state index is 14.1. The van der Waals surface area contributed by atoms with Crippen LogP contribution in [0.25, 0.3) is 0 Å². The summed E-state index contributed by atoms with van der Waals surface area (Å²) in [6.07, 6.45) is 5.03. The molecule has 1 heterocycles. The first-order valence-electron chi connectivity index (χ1n) is 12.2. The van der Waals surface area contributed by atoms with Crippen molar-refractivity contribution in [2.24, 2.45) is 5.73 Å². The van der Waals surface area contributed by atoms with E-state index in [1.165, 1.54) is 4.90 Å². The van der Waals surface area contributed by atoms with Crippen LogP contribution in [0.3, 0.4) is 0 Å². The molecule has 10 heteroatoms. The molecule has 0 saturated heterocycles. The number of benzene rings is 2. The minimum absolute atomic E-state index is 0.0337. The molecule has 3 aromatic rings. The molecule has 37 heavy (non-hydrogen) atoms. The number of hydrogen-bond donors (Lipinski definition) is 3. The number of carbonyl (C=O) groups is 3. The van der Waals surface area contributed by atoms with Gasteiger partial charge in [0, 0.05) is 11.7 Å². The summed E-state index contributed by atoms with van der Waals surface area (Å²) in [6, 6.07) is 13.4. The summed E-state index contributed by atoms with van der Waals surface area (Å²) in [6.45, 7) is 1.91. The number of nitrogens with zero attached hydrogens (tertiary/aromatic N) is 2. The molecule has 0 bridgehead atoms. The van der Waals surface area contributed by atoms with Gasteiger partial charge in [0.05, 0.1) is 12.8 Å². The predicted molar refractivity (Wildman–Crippen MR) is 144 cm³/mol. The molecule has 1 aliphatic carbocycles. The number of nitrogens with two attached hydrogens (primary N) is 2. The number of hydrogen-bond acceptors (Lipinski definition) is 7. The van der Waals surface area contributed by atoms with E-state index in [0.717, 1.165) is 49.2 Å². The van der Waals surface area contributed by atoms with Gasteiger partial charge in [-0.15, -0.1) is 0 Å². The standard InChI is InChI=1S/C27H31N5O4S/c1-16-7-6-10-19(15-16)32(27(35)24-21(28)22(25(29)33)31-37-24)23(17-11-13-20(36-2)14-12-17)26(34)30-18-8-4-3-5-9-18/h6-7,10-15,18,23H,3-5,8-9,28H2,1-2H3,(H2,29,33)(H,30,34)/t23-/m1/s1. The fourth-order valence-corrected chi connectivity index (χ4v) is 5.37. The number of anilines is 2. The first-order chi connectivity index (χ1) is 17.8. The van der Waals surface area contributed by atoms with Crippen LogP contribution in [0.4, 0.5) is 11.4 Å². The molecular formula is C27H31N5O4S. The summed E-state index contributed by atoms with van der Waals surface area (Å²) in [5.74, 6) is -1.05. The fraction of sp³-hybridized carbons (Fsp3) is 0.333. The Balaban J connectivity index is 1.84. The van der Waals surface area contributed by atoms with Crippen molar-refractivity contribution in [2.45, 2.75) is 51.1 Å². The number of amides is 3. The van der Waals surface area contributed by atoms with Crippen LogP contribution in [0.1, 0.15) is 69.4 Å². The number of carbonyl (C=O) groups excluding carboxylic acids is 3. The number of methoxy groups -OCH3 is 1. The van der Waals surface area contributed by atoms with Crippen molar-refractivity contribution in [2.75, 3.05) is 17.7 Å². The maximum atomic E-state index is 14.1. The zero-order valence-electron chi connectivity index (χ0n) is 20.9. The van der Waals surface area contributed by atoms with Gasteiger partial charge in [-0.3, -0.25) is 19.3 Å². The van der Waals surface area contributed by atoms with E-state index in [-0.39, 0.29) is 28.2 Å².